The number of rotatable bonds is 1. The number of aliphatic hydroxyl groups is 2. The first-order valence-corrected chi connectivity index (χ1v) is 6.17. The van der Waals surface area contributed by atoms with E-state index in [1.165, 1.54) is 18.7 Å². The smallest absolute Gasteiger partial charge is 0.332 e. The van der Waals surface area contributed by atoms with Crippen molar-refractivity contribution in [2.75, 3.05) is 18.0 Å². The van der Waals surface area contributed by atoms with E-state index in [4.69, 9.17) is 0 Å². The van der Waals surface area contributed by atoms with E-state index in [0.29, 0.717) is 5.95 Å². The molecule has 0 aromatic carbocycles. The fourth-order valence-electron chi connectivity index (χ4n) is 2.41. The summed E-state index contributed by atoms with van der Waals surface area (Å²) in [5.74, 6) is 0.355. The Morgan fingerprint density at radius 3 is 2.35 bits per heavy atom. The average molecular weight is 281 g/mol. The van der Waals surface area contributed by atoms with E-state index in [0.717, 1.165) is 4.57 Å². The Hall–Kier alpha value is -2.13. The number of imidazole rings is 1. The Morgan fingerprint density at radius 2 is 1.75 bits per heavy atom. The highest BCUT2D eigenvalue weighted by atomic mass is 16.3. The first-order valence-electron chi connectivity index (χ1n) is 6.17. The Kier molecular flexibility index (Phi) is 2.69. The van der Waals surface area contributed by atoms with E-state index >= 15 is 0 Å². The number of aromatic amines is 1. The topological polar surface area (TPSA) is 116 Å². The van der Waals surface area contributed by atoms with Crippen molar-refractivity contribution in [2.45, 2.75) is 12.2 Å². The summed E-state index contributed by atoms with van der Waals surface area (Å²) >= 11 is 0. The van der Waals surface area contributed by atoms with E-state index in [1.54, 1.807) is 4.90 Å². The Morgan fingerprint density at radius 1 is 1.15 bits per heavy atom. The molecule has 1 saturated heterocycles. The molecular weight excluding hydrogens is 266 g/mol. The predicted octanol–water partition coefficient (Wildman–Crippen LogP) is -2.50. The maximum atomic E-state index is 12.0. The van der Waals surface area contributed by atoms with Crippen LogP contribution in [0.2, 0.25) is 0 Å². The molecule has 2 aromatic heterocycles. The number of aromatic nitrogens is 4. The van der Waals surface area contributed by atoms with Gasteiger partial charge in [-0.1, -0.05) is 0 Å². The normalized spacial score (nSPS) is 22.9. The number of anilines is 1. The molecule has 1 fully saturated rings. The first kappa shape index (κ1) is 12.9. The zero-order valence-corrected chi connectivity index (χ0v) is 11.1. The third-order valence-corrected chi connectivity index (χ3v) is 3.64. The number of aliphatic hydroxyl groups excluding tert-OH is 2. The average Bonchev–Trinajstić information content (AvgIpc) is 2.99. The second kappa shape index (κ2) is 4.18. The molecule has 1 aliphatic heterocycles. The molecule has 0 amide bonds. The Bertz CT molecular complexity index is 778. The van der Waals surface area contributed by atoms with Crippen LogP contribution in [0.4, 0.5) is 5.95 Å². The van der Waals surface area contributed by atoms with Crippen LogP contribution >= 0.6 is 0 Å². The monoisotopic (exact) mass is 281 g/mol. The van der Waals surface area contributed by atoms with Crippen LogP contribution in [0.25, 0.3) is 11.2 Å². The van der Waals surface area contributed by atoms with Crippen LogP contribution in [0.5, 0.6) is 0 Å². The first-order chi connectivity index (χ1) is 9.40. The van der Waals surface area contributed by atoms with Gasteiger partial charge in [-0.3, -0.25) is 13.9 Å². The molecule has 0 radical (unpaired) electrons. The van der Waals surface area contributed by atoms with Crippen LogP contribution in [0.15, 0.2) is 9.59 Å². The molecule has 3 heterocycles. The molecule has 108 valence electrons. The second-order valence-corrected chi connectivity index (χ2v) is 5.00. The predicted molar refractivity (Wildman–Crippen MR) is 70.8 cm³/mol. The minimum absolute atomic E-state index is 0.218. The summed E-state index contributed by atoms with van der Waals surface area (Å²) in [4.78, 5) is 32.6. The van der Waals surface area contributed by atoms with Crippen LogP contribution in [-0.2, 0) is 14.1 Å². The fraction of sp³-hybridized carbons (Fsp3) is 0.545. The van der Waals surface area contributed by atoms with Crippen LogP contribution in [-0.4, -0.2) is 54.6 Å². The molecule has 2 aromatic rings. The van der Waals surface area contributed by atoms with Gasteiger partial charge in [0.15, 0.2) is 11.2 Å². The van der Waals surface area contributed by atoms with Gasteiger partial charge in [-0.2, -0.15) is 4.98 Å². The molecule has 0 bridgehead atoms. The molecule has 0 spiro atoms. The van der Waals surface area contributed by atoms with Gasteiger partial charge < -0.3 is 20.1 Å². The van der Waals surface area contributed by atoms with Gasteiger partial charge >= 0.3 is 5.69 Å². The molecule has 9 nitrogen and oxygen atoms in total. The van der Waals surface area contributed by atoms with Crippen molar-refractivity contribution in [3.63, 3.8) is 0 Å². The molecule has 2 unspecified atom stereocenters. The van der Waals surface area contributed by atoms with Crippen molar-refractivity contribution >= 4 is 17.1 Å². The minimum Gasteiger partial charge on any atom is -0.388 e. The molecule has 0 saturated carbocycles. The number of fused-ring (bicyclic) bond motifs is 1. The lowest BCUT2D eigenvalue weighted by Gasteiger charge is -2.12. The molecule has 2 atom stereocenters. The maximum Gasteiger partial charge on any atom is 0.332 e. The summed E-state index contributed by atoms with van der Waals surface area (Å²) < 4.78 is 2.28. The van der Waals surface area contributed by atoms with Gasteiger partial charge in [0.2, 0.25) is 5.95 Å². The zero-order valence-electron chi connectivity index (χ0n) is 11.1. The summed E-state index contributed by atoms with van der Waals surface area (Å²) in [5.41, 5.74) is -0.436. The van der Waals surface area contributed by atoms with E-state index < -0.39 is 23.5 Å². The largest absolute Gasteiger partial charge is 0.388 e. The van der Waals surface area contributed by atoms with E-state index in [1.807, 2.05) is 0 Å². The van der Waals surface area contributed by atoms with Gasteiger partial charge in [0.25, 0.3) is 5.56 Å². The van der Waals surface area contributed by atoms with Crippen molar-refractivity contribution in [3.8, 4) is 0 Å². The van der Waals surface area contributed by atoms with Gasteiger partial charge in [-0.25, -0.2) is 4.79 Å². The van der Waals surface area contributed by atoms with Gasteiger partial charge in [-0.05, 0) is 0 Å². The van der Waals surface area contributed by atoms with E-state index in [2.05, 4.69) is 9.97 Å². The molecule has 0 aliphatic carbocycles. The highest BCUT2D eigenvalue weighted by Crippen LogP contribution is 2.19. The summed E-state index contributed by atoms with van der Waals surface area (Å²) in [6.07, 6.45) is -1.70. The summed E-state index contributed by atoms with van der Waals surface area (Å²) in [5, 5.41) is 19.1. The maximum absolute atomic E-state index is 12.0. The molecule has 9 heteroatoms. The van der Waals surface area contributed by atoms with Crippen molar-refractivity contribution in [1.29, 1.82) is 0 Å². The fourth-order valence-corrected chi connectivity index (χ4v) is 2.41. The van der Waals surface area contributed by atoms with Crippen LogP contribution in [0, 0.1) is 0 Å². The minimum atomic E-state index is -0.852. The van der Waals surface area contributed by atoms with Gasteiger partial charge in [0.1, 0.15) is 0 Å². The van der Waals surface area contributed by atoms with Crippen LogP contribution < -0.4 is 16.1 Å². The van der Waals surface area contributed by atoms with Crippen LogP contribution in [0.1, 0.15) is 0 Å². The number of β-amino-alcohol motifs (C(OH)–C–C–N with tert-alkyl or cyclic N) is 2. The Balaban J connectivity index is 2.17. The van der Waals surface area contributed by atoms with E-state index in [-0.39, 0.29) is 24.3 Å². The molecule has 3 rings (SSSR count). The van der Waals surface area contributed by atoms with Crippen molar-refractivity contribution in [2.24, 2.45) is 14.1 Å². The van der Waals surface area contributed by atoms with Gasteiger partial charge in [-0.15, -0.1) is 0 Å². The highest BCUT2D eigenvalue weighted by molar-refractivity contribution is 5.73. The third kappa shape index (κ3) is 1.67. The summed E-state index contributed by atoms with van der Waals surface area (Å²) in [6.45, 7) is 0.435. The van der Waals surface area contributed by atoms with Crippen LogP contribution in [0.3, 0.4) is 0 Å². The van der Waals surface area contributed by atoms with Crippen molar-refractivity contribution in [3.05, 3.63) is 20.8 Å². The Labute approximate surface area is 112 Å². The quantitative estimate of drug-likeness (QED) is 0.532. The van der Waals surface area contributed by atoms with Gasteiger partial charge in [0.05, 0.1) is 12.2 Å². The standard InChI is InChI=1S/C11H15N5O4/c1-14-8-7(9(19)15(2)11(14)20)12-10(13-8)16-3-5(17)6(18)4-16/h5-6,17-18H,3-4H2,1-2H3,(H,12,13). The summed E-state index contributed by atoms with van der Waals surface area (Å²) in [7, 11) is 2.93. The number of nitrogens with zero attached hydrogens (tertiary/aromatic N) is 4. The number of hydrogen-bond acceptors (Lipinski definition) is 6. The lowest BCUT2D eigenvalue weighted by Crippen LogP contribution is -2.36. The molecular formula is C11H15N5O4. The lowest BCUT2D eigenvalue weighted by atomic mass is 10.3. The zero-order chi connectivity index (χ0) is 14.6. The van der Waals surface area contributed by atoms with Gasteiger partial charge in [0, 0.05) is 27.2 Å². The molecule has 3 N–H and O–H groups in total. The second-order valence-electron chi connectivity index (χ2n) is 5.00. The molecule has 20 heavy (non-hydrogen) atoms. The lowest BCUT2D eigenvalue weighted by molar-refractivity contribution is 0.0572. The summed E-state index contributed by atoms with van der Waals surface area (Å²) in [6, 6.07) is 0. The molecule has 1 aliphatic rings. The SMILES string of the molecule is Cn1c(=O)c2[nH]c(N3CC(O)C(O)C3)nc2n(C)c1=O. The number of aryl methyl sites for hydroxylation is 1. The number of H-pyrrole nitrogens is 1. The third-order valence-electron chi connectivity index (χ3n) is 3.64. The number of nitrogens with one attached hydrogen (secondary N) is 1. The highest BCUT2D eigenvalue weighted by Gasteiger charge is 2.31. The number of hydrogen-bond donors (Lipinski definition) is 3. The van der Waals surface area contributed by atoms with E-state index in [9.17, 15) is 19.8 Å². The van der Waals surface area contributed by atoms with Crippen molar-refractivity contribution in [1.82, 2.24) is 19.1 Å². The van der Waals surface area contributed by atoms with Crippen molar-refractivity contribution < 1.29 is 10.2 Å².